The molecule has 5 nitrogen and oxygen atoms in total. The molecule has 106 valence electrons. The molecule has 0 saturated carbocycles. The van der Waals surface area contributed by atoms with Crippen molar-refractivity contribution in [2.75, 3.05) is 0 Å². The standard InChI is InChI=1S/C16H15N3O2/c1-10-4-3-5-13(17-10)9-19-11(2)18-14-8-12(16(20)21)6-7-15(14)19/h3-8H,9H2,1-2H3,(H,20,21). The van der Waals surface area contributed by atoms with E-state index in [1.54, 1.807) is 18.2 Å². The summed E-state index contributed by atoms with van der Waals surface area (Å²) in [7, 11) is 0. The van der Waals surface area contributed by atoms with E-state index < -0.39 is 5.97 Å². The first-order chi connectivity index (χ1) is 10.0. The highest BCUT2D eigenvalue weighted by atomic mass is 16.4. The predicted molar refractivity (Wildman–Crippen MR) is 79.5 cm³/mol. The van der Waals surface area contributed by atoms with Crippen molar-refractivity contribution in [3.05, 3.63) is 59.2 Å². The minimum atomic E-state index is -0.940. The summed E-state index contributed by atoms with van der Waals surface area (Å²) in [4.78, 5) is 20.0. The maximum atomic E-state index is 11.0. The Balaban J connectivity index is 2.06. The molecule has 1 N–H and O–H groups in total. The summed E-state index contributed by atoms with van der Waals surface area (Å²) in [6.45, 7) is 4.49. The van der Waals surface area contributed by atoms with Crippen LogP contribution < -0.4 is 0 Å². The van der Waals surface area contributed by atoms with Gasteiger partial charge in [-0.3, -0.25) is 4.98 Å². The molecule has 0 aliphatic heterocycles. The lowest BCUT2D eigenvalue weighted by Gasteiger charge is -2.07. The van der Waals surface area contributed by atoms with Gasteiger partial charge in [-0.25, -0.2) is 9.78 Å². The molecular weight excluding hydrogens is 266 g/mol. The fraction of sp³-hybridized carbons (Fsp3) is 0.188. The summed E-state index contributed by atoms with van der Waals surface area (Å²) in [6.07, 6.45) is 0. The third kappa shape index (κ3) is 2.50. The van der Waals surface area contributed by atoms with Crippen LogP contribution in [0.25, 0.3) is 11.0 Å². The smallest absolute Gasteiger partial charge is 0.335 e. The molecule has 5 heteroatoms. The zero-order valence-electron chi connectivity index (χ0n) is 11.9. The van der Waals surface area contributed by atoms with Gasteiger partial charge in [0.15, 0.2) is 0 Å². The monoisotopic (exact) mass is 281 g/mol. The van der Waals surface area contributed by atoms with Crippen LogP contribution in [0.2, 0.25) is 0 Å². The lowest BCUT2D eigenvalue weighted by molar-refractivity contribution is 0.0697. The Morgan fingerprint density at radius 3 is 2.71 bits per heavy atom. The summed E-state index contributed by atoms with van der Waals surface area (Å²) in [6, 6.07) is 10.9. The first-order valence-corrected chi connectivity index (χ1v) is 6.67. The molecule has 1 aromatic carbocycles. The van der Waals surface area contributed by atoms with Gasteiger partial charge < -0.3 is 9.67 Å². The van der Waals surface area contributed by atoms with E-state index in [1.165, 1.54) is 0 Å². The van der Waals surface area contributed by atoms with Crippen molar-refractivity contribution in [3.8, 4) is 0 Å². The van der Waals surface area contributed by atoms with E-state index in [-0.39, 0.29) is 5.56 Å². The van der Waals surface area contributed by atoms with E-state index in [9.17, 15) is 4.79 Å². The van der Waals surface area contributed by atoms with Crippen LogP contribution in [0.15, 0.2) is 36.4 Å². The van der Waals surface area contributed by atoms with Crippen molar-refractivity contribution < 1.29 is 9.90 Å². The summed E-state index contributed by atoms with van der Waals surface area (Å²) in [5, 5.41) is 9.04. The van der Waals surface area contributed by atoms with Crippen LogP contribution in [-0.2, 0) is 6.54 Å². The first kappa shape index (κ1) is 13.3. The van der Waals surface area contributed by atoms with Crippen LogP contribution >= 0.6 is 0 Å². The summed E-state index contributed by atoms with van der Waals surface area (Å²) in [5.41, 5.74) is 3.80. The lowest BCUT2D eigenvalue weighted by atomic mass is 10.2. The van der Waals surface area contributed by atoms with Gasteiger partial charge in [-0.15, -0.1) is 0 Å². The van der Waals surface area contributed by atoms with Gasteiger partial charge in [-0.05, 0) is 44.2 Å². The van der Waals surface area contributed by atoms with Gasteiger partial charge in [0.05, 0.1) is 28.8 Å². The van der Waals surface area contributed by atoms with Gasteiger partial charge in [0.25, 0.3) is 0 Å². The van der Waals surface area contributed by atoms with Gasteiger partial charge in [0.1, 0.15) is 5.82 Å². The maximum absolute atomic E-state index is 11.0. The largest absolute Gasteiger partial charge is 0.478 e. The zero-order valence-corrected chi connectivity index (χ0v) is 11.9. The van der Waals surface area contributed by atoms with E-state index >= 15 is 0 Å². The first-order valence-electron chi connectivity index (χ1n) is 6.67. The van der Waals surface area contributed by atoms with Crippen LogP contribution in [0.5, 0.6) is 0 Å². The predicted octanol–water partition coefficient (Wildman–Crippen LogP) is 2.79. The van der Waals surface area contributed by atoms with Crippen LogP contribution in [0.4, 0.5) is 0 Å². The second kappa shape index (κ2) is 5.01. The highest BCUT2D eigenvalue weighted by Gasteiger charge is 2.11. The minimum absolute atomic E-state index is 0.251. The number of nitrogens with zero attached hydrogens (tertiary/aromatic N) is 3. The third-order valence-electron chi connectivity index (χ3n) is 3.45. The number of aromatic carboxylic acids is 1. The molecule has 0 radical (unpaired) electrons. The van der Waals surface area contributed by atoms with Crippen LogP contribution in [0.3, 0.4) is 0 Å². The Bertz CT molecular complexity index is 837. The molecule has 0 aliphatic rings. The molecule has 3 aromatic rings. The van der Waals surface area contributed by atoms with Crippen molar-refractivity contribution in [3.63, 3.8) is 0 Å². The second-order valence-electron chi connectivity index (χ2n) is 5.02. The molecule has 3 rings (SSSR count). The van der Waals surface area contributed by atoms with E-state index in [0.29, 0.717) is 12.1 Å². The number of benzene rings is 1. The minimum Gasteiger partial charge on any atom is -0.478 e. The number of fused-ring (bicyclic) bond motifs is 1. The Morgan fingerprint density at radius 2 is 2.00 bits per heavy atom. The van der Waals surface area contributed by atoms with E-state index in [0.717, 1.165) is 22.7 Å². The lowest BCUT2D eigenvalue weighted by Crippen LogP contribution is -2.04. The molecule has 2 aromatic heterocycles. The molecule has 0 fully saturated rings. The molecule has 0 spiro atoms. The topological polar surface area (TPSA) is 68.0 Å². The molecule has 2 heterocycles. The molecule has 0 atom stereocenters. The number of aryl methyl sites for hydroxylation is 2. The third-order valence-corrected chi connectivity index (χ3v) is 3.45. The molecule has 0 aliphatic carbocycles. The normalized spacial score (nSPS) is 11.0. The molecule has 21 heavy (non-hydrogen) atoms. The Labute approximate surface area is 121 Å². The van der Waals surface area contributed by atoms with Crippen molar-refractivity contribution in [2.45, 2.75) is 20.4 Å². The highest BCUT2D eigenvalue weighted by Crippen LogP contribution is 2.19. The number of hydrogen-bond donors (Lipinski definition) is 1. The number of aromatic nitrogens is 3. The van der Waals surface area contributed by atoms with Crippen LogP contribution in [0.1, 0.15) is 27.6 Å². The van der Waals surface area contributed by atoms with Crippen molar-refractivity contribution in [2.24, 2.45) is 0 Å². The number of imidazole rings is 1. The zero-order chi connectivity index (χ0) is 15.0. The van der Waals surface area contributed by atoms with Gasteiger partial charge in [0, 0.05) is 5.69 Å². The molecule has 0 unspecified atom stereocenters. The van der Waals surface area contributed by atoms with Crippen LogP contribution in [0, 0.1) is 13.8 Å². The highest BCUT2D eigenvalue weighted by molar-refractivity contribution is 5.92. The van der Waals surface area contributed by atoms with Gasteiger partial charge in [-0.2, -0.15) is 0 Å². The summed E-state index contributed by atoms with van der Waals surface area (Å²) in [5.74, 6) is -0.0969. The maximum Gasteiger partial charge on any atom is 0.335 e. The Morgan fingerprint density at radius 1 is 1.19 bits per heavy atom. The quantitative estimate of drug-likeness (QED) is 0.801. The fourth-order valence-corrected chi connectivity index (χ4v) is 2.43. The molecule has 0 bridgehead atoms. The number of rotatable bonds is 3. The SMILES string of the molecule is Cc1cccc(Cn2c(C)nc3cc(C(=O)O)ccc32)n1. The summed E-state index contributed by atoms with van der Waals surface area (Å²) < 4.78 is 2.04. The number of carboxylic acids is 1. The number of pyridine rings is 1. The van der Waals surface area contributed by atoms with Crippen molar-refractivity contribution >= 4 is 17.0 Å². The van der Waals surface area contributed by atoms with E-state index in [2.05, 4.69) is 9.97 Å². The van der Waals surface area contributed by atoms with Crippen LogP contribution in [-0.4, -0.2) is 25.6 Å². The van der Waals surface area contributed by atoms with E-state index in [4.69, 9.17) is 5.11 Å². The van der Waals surface area contributed by atoms with Gasteiger partial charge in [-0.1, -0.05) is 6.07 Å². The second-order valence-corrected chi connectivity index (χ2v) is 5.02. The fourth-order valence-electron chi connectivity index (χ4n) is 2.43. The number of carbonyl (C=O) groups is 1. The average molecular weight is 281 g/mol. The Kier molecular flexibility index (Phi) is 3.17. The average Bonchev–Trinajstić information content (AvgIpc) is 2.74. The number of hydrogen-bond acceptors (Lipinski definition) is 3. The van der Waals surface area contributed by atoms with Crippen molar-refractivity contribution in [1.29, 1.82) is 0 Å². The van der Waals surface area contributed by atoms with Gasteiger partial charge in [0.2, 0.25) is 0 Å². The summed E-state index contributed by atoms with van der Waals surface area (Å²) >= 11 is 0. The molecule has 0 saturated heterocycles. The Hall–Kier alpha value is -2.69. The molecular formula is C16H15N3O2. The van der Waals surface area contributed by atoms with E-state index in [1.807, 2.05) is 36.6 Å². The van der Waals surface area contributed by atoms with Crippen molar-refractivity contribution in [1.82, 2.24) is 14.5 Å². The van der Waals surface area contributed by atoms with Gasteiger partial charge >= 0.3 is 5.97 Å². The number of carboxylic acid groups (broad SMARTS) is 1. The molecule has 0 amide bonds.